The van der Waals surface area contributed by atoms with Gasteiger partial charge < -0.3 is 10.6 Å². The van der Waals surface area contributed by atoms with Gasteiger partial charge in [0, 0.05) is 34.8 Å². The number of benzene rings is 2. The summed E-state index contributed by atoms with van der Waals surface area (Å²) in [7, 11) is 0. The lowest BCUT2D eigenvalue weighted by Crippen LogP contribution is -2.08. The van der Waals surface area contributed by atoms with Crippen LogP contribution in [-0.2, 0) is 9.59 Å². The molecule has 0 radical (unpaired) electrons. The second-order valence-electron chi connectivity index (χ2n) is 5.65. The molecule has 3 rings (SSSR count). The first-order valence-electron chi connectivity index (χ1n) is 7.93. The smallest absolute Gasteiger partial charge is 0.248 e. The minimum atomic E-state index is -0.273. The van der Waals surface area contributed by atoms with E-state index in [9.17, 15) is 9.59 Å². The second kappa shape index (κ2) is 7.80. The first-order valence-corrected chi connectivity index (χ1v) is 8.30. The van der Waals surface area contributed by atoms with Gasteiger partial charge in [-0.25, -0.2) is 4.98 Å². The Kier molecular flexibility index (Phi) is 5.29. The molecular formula is C20H16ClN3O2. The van der Waals surface area contributed by atoms with Crippen molar-refractivity contribution in [2.45, 2.75) is 6.92 Å². The molecule has 2 N–H and O–H groups in total. The number of halogens is 1. The van der Waals surface area contributed by atoms with Crippen LogP contribution in [0.15, 0.2) is 60.7 Å². The molecule has 6 heteroatoms. The van der Waals surface area contributed by atoms with Crippen LogP contribution < -0.4 is 10.6 Å². The minimum Gasteiger partial charge on any atom is -0.326 e. The Labute approximate surface area is 155 Å². The molecule has 1 heterocycles. The van der Waals surface area contributed by atoms with Crippen LogP contribution in [0.3, 0.4) is 0 Å². The highest BCUT2D eigenvalue weighted by molar-refractivity contribution is 6.31. The average Bonchev–Trinajstić information content (AvgIpc) is 2.61. The van der Waals surface area contributed by atoms with Gasteiger partial charge in [0.05, 0.1) is 11.2 Å². The fourth-order valence-corrected chi connectivity index (χ4v) is 2.55. The summed E-state index contributed by atoms with van der Waals surface area (Å²) in [5, 5.41) is 7.02. The summed E-state index contributed by atoms with van der Waals surface area (Å²) >= 11 is 5.98. The summed E-state index contributed by atoms with van der Waals surface area (Å²) in [5.74, 6) is -0.417. The Morgan fingerprint density at radius 2 is 1.62 bits per heavy atom. The summed E-state index contributed by atoms with van der Waals surface area (Å²) in [4.78, 5) is 27.5. The largest absolute Gasteiger partial charge is 0.326 e. The molecule has 0 spiro atoms. The zero-order chi connectivity index (χ0) is 18.5. The molecule has 2 amide bonds. The Bertz CT molecular complexity index is 998. The van der Waals surface area contributed by atoms with Crippen LogP contribution in [0.1, 0.15) is 12.6 Å². The SMILES string of the molecule is CC(=O)Nc1ccc(NC(=O)/C=C/c2ccc3ccc(Cl)cc3n2)cc1. The van der Waals surface area contributed by atoms with Crippen molar-refractivity contribution in [3.63, 3.8) is 0 Å². The van der Waals surface area contributed by atoms with Crippen molar-refractivity contribution in [3.05, 3.63) is 71.4 Å². The molecule has 1 aromatic heterocycles. The molecule has 0 saturated heterocycles. The lowest BCUT2D eigenvalue weighted by atomic mass is 10.2. The van der Waals surface area contributed by atoms with Crippen molar-refractivity contribution in [2.24, 2.45) is 0 Å². The Morgan fingerprint density at radius 1 is 0.962 bits per heavy atom. The van der Waals surface area contributed by atoms with E-state index in [0.29, 0.717) is 22.1 Å². The molecule has 130 valence electrons. The number of carbonyl (C=O) groups excluding carboxylic acids is 2. The van der Waals surface area contributed by atoms with E-state index >= 15 is 0 Å². The molecule has 3 aromatic rings. The van der Waals surface area contributed by atoms with E-state index in [0.717, 1.165) is 10.9 Å². The van der Waals surface area contributed by atoms with Crippen molar-refractivity contribution in [2.75, 3.05) is 10.6 Å². The molecule has 0 unspecified atom stereocenters. The molecule has 0 fully saturated rings. The van der Waals surface area contributed by atoms with Crippen LogP contribution in [0, 0.1) is 0 Å². The standard InChI is InChI=1S/C20H16ClN3O2/c1-13(25)22-16-6-8-18(9-7-16)24-20(26)11-10-17-5-3-14-2-4-15(21)12-19(14)23-17/h2-12H,1H3,(H,22,25)(H,24,26)/b11-10+. The lowest BCUT2D eigenvalue weighted by Gasteiger charge is -2.05. The maximum Gasteiger partial charge on any atom is 0.248 e. The van der Waals surface area contributed by atoms with E-state index in [1.807, 2.05) is 24.3 Å². The van der Waals surface area contributed by atoms with E-state index < -0.39 is 0 Å². The Hall–Kier alpha value is -3.18. The average molecular weight is 366 g/mol. The van der Waals surface area contributed by atoms with Gasteiger partial charge in [0.1, 0.15) is 0 Å². The molecule has 0 aliphatic carbocycles. The maximum absolute atomic E-state index is 12.0. The number of anilines is 2. The number of hydrogen-bond acceptors (Lipinski definition) is 3. The minimum absolute atomic E-state index is 0.145. The molecule has 0 atom stereocenters. The zero-order valence-corrected chi connectivity index (χ0v) is 14.7. The molecular weight excluding hydrogens is 350 g/mol. The number of nitrogens with one attached hydrogen (secondary N) is 2. The van der Waals surface area contributed by atoms with E-state index in [-0.39, 0.29) is 11.8 Å². The third kappa shape index (κ3) is 4.68. The third-order valence-corrected chi connectivity index (χ3v) is 3.79. The monoisotopic (exact) mass is 365 g/mol. The van der Waals surface area contributed by atoms with Crippen LogP contribution in [-0.4, -0.2) is 16.8 Å². The van der Waals surface area contributed by atoms with Crippen molar-refractivity contribution >= 4 is 51.8 Å². The maximum atomic E-state index is 12.0. The first-order chi connectivity index (χ1) is 12.5. The third-order valence-electron chi connectivity index (χ3n) is 3.55. The highest BCUT2D eigenvalue weighted by atomic mass is 35.5. The van der Waals surface area contributed by atoms with E-state index in [4.69, 9.17) is 11.6 Å². The van der Waals surface area contributed by atoms with Gasteiger partial charge in [-0.05, 0) is 48.5 Å². The van der Waals surface area contributed by atoms with Crippen molar-refractivity contribution in [1.82, 2.24) is 4.98 Å². The number of fused-ring (bicyclic) bond motifs is 1. The first kappa shape index (κ1) is 17.6. The molecule has 0 aliphatic heterocycles. The predicted molar refractivity (Wildman–Crippen MR) is 105 cm³/mol. The Morgan fingerprint density at radius 3 is 2.31 bits per heavy atom. The highest BCUT2D eigenvalue weighted by Crippen LogP contribution is 2.18. The highest BCUT2D eigenvalue weighted by Gasteiger charge is 2.01. The van der Waals surface area contributed by atoms with Gasteiger partial charge in [0.15, 0.2) is 0 Å². The number of aromatic nitrogens is 1. The number of carbonyl (C=O) groups is 2. The quantitative estimate of drug-likeness (QED) is 0.669. The molecule has 2 aromatic carbocycles. The van der Waals surface area contributed by atoms with Gasteiger partial charge in [0.25, 0.3) is 0 Å². The molecule has 0 bridgehead atoms. The van der Waals surface area contributed by atoms with Crippen LogP contribution in [0.2, 0.25) is 5.02 Å². The fraction of sp³-hybridized carbons (Fsp3) is 0.0500. The van der Waals surface area contributed by atoms with E-state index in [1.54, 1.807) is 36.4 Å². The zero-order valence-electron chi connectivity index (χ0n) is 14.0. The van der Waals surface area contributed by atoms with Crippen molar-refractivity contribution in [3.8, 4) is 0 Å². The fourth-order valence-electron chi connectivity index (χ4n) is 2.38. The number of hydrogen-bond donors (Lipinski definition) is 2. The van der Waals surface area contributed by atoms with Gasteiger partial charge in [-0.15, -0.1) is 0 Å². The van der Waals surface area contributed by atoms with Crippen LogP contribution in [0.25, 0.3) is 17.0 Å². The normalized spacial score (nSPS) is 10.8. The van der Waals surface area contributed by atoms with Crippen LogP contribution in [0.5, 0.6) is 0 Å². The molecule has 5 nitrogen and oxygen atoms in total. The number of rotatable bonds is 4. The van der Waals surface area contributed by atoms with Gasteiger partial charge in [-0.1, -0.05) is 23.7 Å². The predicted octanol–water partition coefficient (Wildman–Crippen LogP) is 4.50. The second-order valence-corrected chi connectivity index (χ2v) is 6.09. The van der Waals surface area contributed by atoms with Gasteiger partial charge >= 0.3 is 0 Å². The summed E-state index contributed by atoms with van der Waals surface area (Å²) in [6.07, 6.45) is 3.06. The molecule has 26 heavy (non-hydrogen) atoms. The number of pyridine rings is 1. The Balaban J connectivity index is 1.66. The van der Waals surface area contributed by atoms with Gasteiger partial charge in [-0.2, -0.15) is 0 Å². The summed E-state index contributed by atoms with van der Waals surface area (Å²) in [5.41, 5.74) is 2.74. The summed E-state index contributed by atoms with van der Waals surface area (Å²) < 4.78 is 0. The lowest BCUT2D eigenvalue weighted by molar-refractivity contribution is -0.114. The van der Waals surface area contributed by atoms with Crippen LogP contribution >= 0.6 is 11.6 Å². The van der Waals surface area contributed by atoms with Crippen LogP contribution in [0.4, 0.5) is 11.4 Å². The summed E-state index contributed by atoms with van der Waals surface area (Å²) in [6, 6.07) is 16.1. The van der Waals surface area contributed by atoms with E-state index in [2.05, 4.69) is 15.6 Å². The number of nitrogens with zero attached hydrogens (tertiary/aromatic N) is 1. The van der Waals surface area contributed by atoms with Gasteiger partial charge in [0.2, 0.25) is 11.8 Å². The molecule has 0 saturated carbocycles. The van der Waals surface area contributed by atoms with E-state index in [1.165, 1.54) is 13.0 Å². The number of amides is 2. The van der Waals surface area contributed by atoms with Crippen molar-refractivity contribution in [1.29, 1.82) is 0 Å². The summed E-state index contributed by atoms with van der Waals surface area (Å²) in [6.45, 7) is 1.44. The van der Waals surface area contributed by atoms with Crippen molar-refractivity contribution < 1.29 is 9.59 Å². The van der Waals surface area contributed by atoms with Gasteiger partial charge in [-0.3, -0.25) is 9.59 Å². The molecule has 0 aliphatic rings. The topological polar surface area (TPSA) is 71.1 Å².